The van der Waals surface area contributed by atoms with Gasteiger partial charge in [-0.25, -0.2) is 0 Å². The smallest absolute Gasteiger partial charge is 0.102 e. The summed E-state index contributed by atoms with van der Waals surface area (Å²) in [5.41, 5.74) is 0. The molecule has 0 radical (unpaired) electrons. The molecule has 1 rings (SSSR count). The largest absolute Gasteiger partial charge is 0.369 e. The molecule has 0 saturated carbocycles. The van der Waals surface area contributed by atoms with Crippen molar-refractivity contribution in [2.45, 2.75) is 0 Å². The van der Waals surface area contributed by atoms with Crippen LogP contribution in [0.25, 0.3) is 0 Å². The quantitative estimate of drug-likeness (QED) is 0.474. The molecule has 36 valence electrons. The summed E-state index contributed by atoms with van der Waals surface area (Å²) in [4.78, 5) is 0. The number of hydrogen-bond acceptors (Lipinski definition) is 2. The monoisotopic (exact) mass is 105 g/mol. The molecule has 1 unspecified atom stereocenters. The third-order valence-corrected chi connectivity index (χ3v) is 1.81. The Morgan fingerprint density at radius 2 is 2.50 bits per heavy atom. The van der Waals surface area contributed by atoms with E-state index in [0.717, 1.165) is 12.4 Å². The van der Waals surface area contributed by atoms with Gasteiger partial charge in [0.2, 0.25) is 0 Å². The molecule has 0 amide bonds. The van der Waals surface area contributed by atoms with E-state index in [2.05, 4.69) is 0 Å². The van der Waals surface area contributed by atoms with Gasteiger partial charge < -0.3 is 4.74 Å². The first-order chi connectivity index (χ1) is 2.89. The van der Waals surface area contributed by atoms with Crippen LogP contribution in [-0.4, -0.2) is 18.3 Å². The first-order valence-corrected chi connectivity index (χ1v) is 3.42. The first-order valence-electron chi connectivity index (χ1n) is 1.86. The van der Waals surface area contributed by atoms with Crippen molar-refractivity contribution in [1.29, 1.82) is 4.78 Å². The van der Waals surface area contributed by atoms with E-state index in [-0.39, 0.29) is 10.7 Å². The summed E-state index contributed by atoms with van der Waals surface area (Å²) in [5.74, 6) is 1.64. The van der Waals surface area contributed by atoms with Crippen LogP contribution >= 0.6 is 0 Å². The summed E-state index contributed by atoms with van der Waals surface area (Å²) in [6.07, 6.45) is 0. The second-order valence-corrected chi connectivity index (χ2v) is 2.85. The zero-order valence-electron chi connectivity index (χ0n) is 3.44. The zero-order valence-corrected chi connectivity index (χ0v) is 4.25. The molecule has 0 spiro atoms. The van der Waals surface area contributed by atoms with Gasteiger partial charge in [-0.3, -0.25) is 4.78 Å². The summed E-state index contributed by atoms with van der Waals surface area (Å²) in [6.45, 7) is 0.812. The fourth-order valence-electron chi connectivity index (χ4n) is 0.378. The summed E-state index contributed by atoms with van der Waals surface area (Å²) in [7, 11) is -0.145. The predicted molar refractivity (Wildman–Crippen MR) is 25.8 cm³/mol. The van der Waals surface area contributed by atoms with E-state index in [1.54, 1.807) is 0 Å². The van der Waals surface area contributed by atoms with Crippen molar-refractivity contribution >= 4 is 10.7 Å². The van der Waals surface area contributed by atoms with Crippen LogP contribution in [0.4, 0.5) is 0 Å². The number of ether oxygens (including phenoxy) is 1. The van der Waals surface area contributed by atoms with Gasteiger partial charge in [0.05, 0.1) is 6.61 Å². The van der Waals surface area contributed by atoms with Crippen molar-refractivity contribution in [2.24, 2.45) is 0 Å². The van der Waals surface area contributed by atoms with Crippen molar-refractivity contribution in [3.8, 4) is 0 Å². The standard InChI is InChI=1S/C3H7NOS/c4-6-2-1-5-3-6/h4H,1-3H2. The molecule has 1 heterocycles. The fourth-order valence-corrected chi connectivity index (χ4v) is 1.13. The average molecular weight is 105 g/mol. The van der Waals surface area contributed by atoms with E-state index in [0.29, 0.717) is 5.94 Å². The topological polar surface area (TPSA) is 33.1 Å². The third kappa shape index (κ3) is 0.786. The highest BCUT2D eigenvalue weighted by Gasteiger charge is 2.01. The van der Waals surface area contributed by atoms with Gasteiger partial charge in [0, 0.05) is 5.75 Å². The maximum atomic E-state index is 7.03. The molecule has 6 heavy (non-hydrogen) atoms. The Morgan fingerprint density at radius 3 is 2.67 bits per heavy atom. The molecule has 1 aliphatic rings. The molecule has 0 bridgehead atoms. The minimum atomic E-state index is -0.145. The van der Waals surface area contributed by atoms with E-state index in [1.165, 1.54) is 0 Å². The molecule has 2 nitrogen and oxygen atoms in total. The Morgan fingerprint density at radius 1 is 1.67 bits per heavy atom. The molecular weight excluding hydrogens is 98.1 g/mol. The van der Waals surface area contributed by atoms with Crippen LogP contribution in [0, 0.1) is 4.78 Å². The third-order valence-electron chi connectivity index (χ3n) is 0.700. The highest BCUT2D eigenvalue weighted by Crippen LogP contribution is 1.94. The Kier molecular flexibility index (Phi) is 1.22. The lowest BCUT2D eigenvalue weighted by atomic mass is 10.9. The summed E-state index contributed by atoms with van der Waals surface area (Å²) >= 11 is 0. The van der Waals surface area contributed by atoms with Crippen LogP contribution in [0.5, 0.6) is 0 Å². The molecule has 1 N–H and O–H groups in total. The van der Waals surface area contributed by atoms with E-state index < -0.39 is 0 Å². The van der Waals surface area contributed by atoms with Crippen LogP contribution in [-0.2, 0) is 15.4 Å². The van der Waals surface area contributed by atoms with Gasteiger partial charge in [-0.05, 0) is 0 Å². The van der Waals surface area contributed by atoms with Crippen molar-refractivity contribution in [2.75, 3.05) is 18.3 Å². The van der Waals surface area contributed by atoms with Crippen molar-refractivity contribution < 1.29 is 4.74 Å². The van der Waals surface area contributed by atoms with E-state index in [9.17, 15) is 0 Å². The molecule has 1 saturated heterocycles. The van der Waals surface area contributed by atoms with E-state index in [1.807, 2.05) is 0 Å². The average Bonchev–Trinajstić information content (AvgIpc) is 1.86. The van der Waals surface area contributed by atoms with Crippen molar-refractivity contribution in [1.82, 2.24) is 0 Å². The molecule has 1 aliphatic heterocycles. The van der Waals surface area contributed by atoms with Crippen molar-refractivity contribution in [3.05, 3.63) is 0 Å². The predicted octanol–water partition coefficient (Wildman–Crippen LogP) is 0.355. The molecule has 0 aliphatic carbocycles. The number of nitrogens with one attached hydrogen (secondary N) is 1. The summed E-state index contributed by atoms with van der Waals surface area (Å²) in [6, 6.07) is 0. The van der Waals surface area contributed by atoms with E-state index in [4.69, 9.17) is 9.52 Å². The highest BCUT2D eigenvalue weighted by molar-refractivity contribution is 7.86. The van der Waals surface area contributed by atoms with Crippen LogP contribution in [0.2, 0.25) is 0 Å². The first kappa shape index (κ1) is 4.27. The summed E-state index contributed by atoms with van der Waals surface area (Å²) in [5, 5.41) is 0. The number of rotatable bonds is 0. The van der Waals surface area contributed by atoms with Gasteiger partial charge in [0.1, 0.15) is 5.94 Å². The van der Waals surface area contributed by atoms with Gasteiger partial charge in [-0.1, -0.05) is 10.7 Å². The molecular formula is C3H7NOS. The van der Waals surface area contributed by atoms with Crippen LogP contribution in [0.1, 0.15) is 0 Å². The van der Waals surface area contributed by atoms with Gasteiger partial charge in [-0.15, -0.1) is 0 Å². The molecule has 3 heteroatoms. The molecule has 1 fully saturated rings. The van der Waals surface area contributed by atoms with E-state index >= 15 is 0 Å². The van der Waals surface area contributed by atoms with Crippen LogP contribution < -0.4 is 0 Å². The SMILES string of the molecule is N=S1CCOC1. The second-order valence-electron chi connectivity index (χ2n) is 1.22. The van der Waals surface area contributed by atoms with Gasteiger partial charge in [-0.2, -0.15) is 0 Å². The van der Waals surface area contributed by atoms with Crippen LogP contribution in [0.15, 0.2) is 0 Å². The van der Waals surface area contributed by atoms with Gasteiger partial charge >= 0.3 is 0 Å². The Balaban J connectivity index is 2.37. The number of hydrogen-bond donors (Lipinski definition) is 1. The van der Waals surface area contributed by atoms with Crippen LogP contribution in [0.3, 0.4) is 0 Å². The lowest BCUT2D eigenvalue weighted by Crippen LogP contribution is -1.84. The highest BCUT2D eigenvalue weighted by atomic mass is 32.2. The van der Waals surface area contributed by atoms with Gasteiger partial charge in [0.25, 0.3) is 0 Å². The maximum Gasteiger partial charge on any atom is 0.102 e. The lowest BCUT2D eigenvalue weighted by Gasteiger charge is -1.79. The zero-order chi connectivity index (χ0) is 4.41. The summed E-state index contributed by atoms with van der Waals surface area (Å²) < 4.78 is 11.9. The second kappa shape index (κ2) is 1.71. The van der Waals surface area contributed by atoms with Crippen molar-refractivity contribution in [3.63, 3.8) is 0 Å². The molecule has 1 atom stereocenters. The molecule has 0 aromatic carbocycles. The normalized spacial score (nSPS) is 34.3. The van der Waals surface area contributed by atoms with Gasteiger partial charge in [0.15, 0.2) is 0 Å². The molecule has 0 aromatic heterocycles. The maximum absolute atomic E-state index is 7.03. The lowest BCUT2D eigenvalue weighted by molar-refractivity contribution is 0.217. The Hall–Kier alpha value is 0.110. The minimum absolute atomic E-state index is 0.145. The Bertz CT molecular complexity index is 65.2. The Labute approximate surface area is 39.4 Å². The minimum Gasteiger partial charge on any atom is -0.369 e. The molecule has 0 aromatic rings. The fraction of sp³-hybridized carbons (Fsp3) is 1.00.